The molecule has 2 rings (SSSR count). The monoisotopic (exact) mass is 245 g/mol. The minimum Gasteiger partial charge on any atom is -0.376 e. The topological polar surface area (TPSA) is 35.2 Å². The average Bonchev–Trinajstić information content (AvgIpc) is 2.36. The van der Waals surface area contributed by atoms with Crippen LogP contribution in [0.3, 0.4) is 0 Å². The Morgan fingerprint density at radius 1 is 1.18 bits per heavy atom. The fraction of sp³-hybridized carbons (Fsp3) is 0.500. The Kier molecular flexibility index (Phi) is 3.69. The maximum absolute atomic E-state index is 13.5. The molecule has 1 aromatic carbocycles. The van der Waals surface area contributed by atoms with Gasteiger partial charge in [-0.05, 0) is 25.3 Å². The van der Waals surface area contributed by atoms with Crippen molar-refractivity contribution in [1.82, 2.24) is 0 Å². The lowest BCUT2D eigenvalue weighted by Gasteiger charge is -2.28. The SMILES string of the molecule is NC(c1ccc(F)c(F)c1F)C1CCCCO1. The third-order valence-corrected chi connectivity index (χ3v) is 3.04. The number of rotatable bonds is 2. The third-order valence-electron chi connectivity index (χ3n) is 3.04. The number of halogens is 3. The molecular weight excluding hydrogens is 231 g/mol. The molecule has 2 N–H and O–H groups in total. The summed E-state index contributed by atoms with van der Waals surface area (Å²) < 4.78 is 44.8. The first-order valence-corrected chi connectivity index (χ1v) is 5.62. The molecule has 2 atom stereocenters. The summed E-state index contributed by atoms with van der Waals surface area (Å²) in [6.07, 6.45) is 2.27. The van der Waals surface area contributed by atoms with Crippen molar-refractivity contribution in [3.63, 3.8) is 0 Å². The fourth-order valence-corrected chi connectivity index (χ4v) is 2.05. The largest absolute Gasteiger partial charge is 0.376 e. The Morgan fingerprint density at radius 2 is 1.94 bits per heavy atom. The molecule has 94 valence electrons. The molecule has 1 aliphatic rings. The molecule has 0 saturated carbocycles. The maximum Gasteiger partial charge on any atom is 0.194 e. The molecule has 0 spiro atoms. The lowest BCUT2D eigenvalue weighted by Crippen LogP contribution is -2.32. The fourth-order valence-electron chi connectivity index (χ4n) is 2.05. The summed E-state index contributed by atoms with van der Waals surface area (Å²) in [4.78, 5) is 0. The van der Waals surface area contributed by atoms with Crippen molar-refractivity contribution >= 4 is 0 Å². The van der Waals surface area contributed by atoms with E-state index in [0.29, 0.717) is 13.0 Å². The van der Waals surface area contributed by atoms with Crippen LogP contribution in [0.4, 0.5) is 13.2 Å². The molecule has 5 heteroatoms. The van der Waals surface area contributed by atoms with Gasteiger partial charge in [-0.2, -0.15) is 0 Å². The van der Waals surface area contributed by atoms with Crippen LogP contribution in [0.5, 0.6) is 0 Å². The molecule has 0 aliphatic carbocycles. The van der Waals surface area contributed by atoms with Crippen LogP contribution in [0.25, 0.3) is 0 Å². The zero-order valence-electron chi connectivity index (χ0n) is 9.26. The Bertz CT molecular complexity index is 405. The van der Waals surface area contributed by atoms with Crippen LogP contribution in [0.15, 0.2) is 12.1 Å². The summed E-state index contributed by atoms with van der Waals surface area (Å²) in [5.41, 5.74) is 5.80. The van der Waals surface area contributed by atoms with Crippen molar-refractivity contribution in [2.45, 2.75) is 31.4 Å². The van der Waals surface area contributed by atoms with E-state index in [4.69, 9.17) is 10.5 Å². The number of ether oxygens (including phenoxy) is 1. The average molecular weight is 245 g/mol. The molecule has 1 heterocycles. The van der Waals surface area contributed by atoms with Gasteiger partial charge in [0.1, 0.15) is 0 Å². The van der Waals surface area contributed by atoms with Gasteiger partial charge in [-0.25, -0.2) is 13.2 Å². The highest BCUT2D eigenvalue weighted by molar-refractivity contribution is 5.24. The normalized spacial score (nSPS) is 22.5. The van der Waals surface area contributed by atoms with Gasteiger partial charge >= 0.3 is 0 Å². The van der Waals surface area contributed by atoms with Crippen LogP contribution in [0, 0.1) is 17.5 Å². The predicted molar refractivity (Wildman–Crippen MR) is 56.8 cm³/mol. The Morgan fingerprint density at radius 3 is 2.59 bits per heavy atom. The van der Waals surface area contributed by atoms with E-state index < -0.39 is 23.5 Å². The molecule has 2 nitrogen and oxygen atoms in total. The third kappa shape index (κ3) is 2.45. The molecule has 1 fully saturated rings. The Labute approximate surface area is 97.6 Å². The highest BCUT2D eigenvalue weighted by Crippen LogP contribution is 2.27. The number of benzene rings is 1. The van der Waals surface area contributed by atoms with Crippen molar-refractivity contribution < 1.29 is 17.9 Å². The molecular formula is C12H14F3NO. The quantitative estimate of drug-likeness (QED) is 0.813. The molecule has 1 aliphatic heterocycles. The van der Waals surface area contributed by atoms with Crippen molar-refractivity contribution in [3.05, 3.63) is 35.1 Å². The first-order chi connectivity index (χ1) is 8.11. The zero-order valence-corrected chi connectivity index (χ0v) is 9.26. The standard InChI is InChI=1S/C12H14F3NO/c13-8-5-4-7(10(14)11(8)15)12(16)9-3-1-2-6-17-9/h4-5,9,12H,1-3,6,16H2. The van der Waals surface area contributed by atoms with Gasteiger partial charge in [0.15, 0.2) is 17.5 Å². The highest BCUT2D eigenvalue weighted by Gasteiger charge is 2.27. The number of nitrogens with two attached hydrogens (primary N) is 1. The summed E-state index contributed by atoms with van der Waals surface area (Å²) in [5, 5.41) is 0. The maximum atomic E-state index is 13.5. The minimum atomic E-state index is -1.48. The summed E-state index contributed by atoms with van der Waals surface area (Å²) in [7, 11) is 0. The van der Waals surface area contributed by atoms with Gasteiger partial charge in [0.05, 0.1) is 12.1 Å². The van der Waals surface area contributed by atoms with Gasteiger partial charge in [-0.1, -0.05) is 6.07 Å². The van der Waals surface area contributed by atoms with Crippen LogP contribution in [-0.4, -0.2) is 12.7 Å². The van der Waals surface area contributed by atoms with Crippen molar-refractivity contribution in [2.75, 3.05) is 6.61 Å². The van der Waals surface area contributed by atoms with Crippen molar-refractivity contribution in [2.24, 2.45) is 5.73 Å². The van der Waals surface area contributed by atoms with Gasteiger partial charge in [0.25, 0.3) is 0 Å². The second-order valence-corrected chi connectivity index (χ2v) is 4.20. The molecule has 1 saturated heterocycles. The van der Waals surface area contributed by atoms with E-state index in [-0.39, 0.29) is 11.7 Å². The molecule has 0 radical (unpaired) electrons. The predicted octanol–water partition coefficient (Wildman–Crippen LogP) is 2.67. The Hall–Kier alpha value is -1.07. The van der Waals surface area contributed by atoms with Gasteiger partial charge < -0.3 is 10.5 Å². The van der Waals surface area contributed by atoms with E-state index in [1.54, 1.807) is 0 Å². The molecule has 17 heavy (non-hydrogen) atoms. The van der Waals surface area contributed by atoms with E-state index in [0.717, 1.165) is 18.9 Å². The van der Waals surface area contributed by atoms with Crippen LogP contribution in [0.2, 0.25) is 0 Å². The van der Waals surface area contributed by atoms with Crippen molar-refractivity contribution in [3.8, 4) is 0 Å². The van der Waals surface area contributed by atoms with Gasteiger partial charge in [-0.3, -0.25) is 0 Å². The number of hydrogen-bond acceptors (Lipinski definition) is 2. The molecule has 1 aromatic rings. The van der Waals surface area contributed by atoms with E-state index in [1.165, 1.54) is 6.07 Å². The first kappa shape index (κ1) is 12.4. The van der Waals surface area contributed by atoms with Crippen LogP contribution < -0.4 is 5.73 Å². The van der Waals surface area contributed by atoms with E-state index in [2.05, 4.69) is 0 Å². The molecule has 0 bridgehead atoms. The van der Waals surface area contributed by atoms with Crippen LogP contribution in [0.1, 0.15) is 30.9 Å². The lowest BCUT2D eigenvalue weighted by atomic mass is 9.96. The summed E-state index contributed by atoms with van der Waals surface area (Å²) in [6, 6.07) is 1.30. The lowest BCUT2D eigenvalue weighted by molar-refractivity contribution is -0.000755. The summed E-state index contributed by atoms with van der Waals surface area (Å²) in [5.74, 6) is -3.90. The molecule has 2 unspecified atom stereocenters. The second-order valence-electron chi connectivity index (χ2n) is 4.20. The van der Waals surface area contributed by atoms with Gasteiger partial charge in [0.2, 0.25) is 0 Å². The van der Waals surface area contributed by atoms with E-state index in [1.807, 2.05) is 0 Å². The van der Waals surface area contributed by atoms with E-state index in [9.17, 15) is 13.2 Å². The first-order valence-electron chi connectivity index (χ1n) is 5.62. The van der Waals surface area contributed by atoms with Crippen molar-refractivity contribution in [1.29, 1.82) is 0 Å². The highest BCUT2D eigenvalue weighted by atomic mass is 19.2. The second kappa shape index (κ2) is 5.06. The zero-order chi connectivity index (χ0) is 12.4. The van der Waals surface area contributed by atoms with Gasteiger partial charge in [-0.15, -0.1) is 0 Å². The van der Waals surface area contributed by atoms with Crippen LogP contribution >= 0.6 is 0 Å². The van der Waals surface area contributed by atoms with Crippen LogP contribution in [-0.2, 0) is 4.74 Å². The molecule has 0 aromatic heterocycles. The minimum absolute atomic E-state index is 0.0317. The van der Waals surface area contributed by atoms with E-state index >= 15 is 0 Å². The number of hydrogen-bond donors (Lipinski definition) is 1. The Balaban J connectivity index is 2.24. The summed E-state index contributed by atoms with van der Waals surface area (Å²) >= 11 is 0. The summed E-state index contributed by atoms with van der Waals surface area (Å²) in [6.45, 7) is 0.573. The smallest absolute Gasteiger partial charge is 0.194 e. The molecule has 0 amide bonds. The van der Waals surface area contributed by atoms with Gasteiger partial charge in [0, 0.05) is 12.2 Å².